The zero-order valence-electron chi connectivity index (χ0n) is 17.1. The Morgan fingerprint density at radius 1 is 1.28 bits per heavy atom. The van der Waals surface area contributed by atoms with Crippen molar-refractivity contribution in [2.24, 2.45) is 0 Å². The maximum Gasteiger partial charge on any atom is 0.225 e. The SMILES string of the molecule is CC(=O)N1CCc2nc([C@@H]3CCCCN3C(=O)C[C@H](C)n3ccnc3)ncc2C1. The van der Waals surface area contributed by atoms with Crippen molar-refractivity contribution in [1.82, 2.24) is 29.3 Å². The van der Waals surface area contributed by atoms with Gasteiger partial charge in [0, 0.05) is 69.6 Å². The summed E-state index contributed by atoms with van der Waals surface area (Å²) >= 11 is 0. The minimum atomic E-state index is -0.0672. The summed E-state index contributed by atoms with van der Waals surface area (Å²) in [7, 11) is 0. The van der Waals surface area contributed by atoms with Gasteiger partial charge in [0.2, 0.25) is 11.8 Å². The third kappa shape index (κ3) is 4.16. The lowest BCUT2D eigenvalue weighted by Gasteiger charge is -2.36. The molecule has 2 aromatic heterocycles. The summed E-state index contributed by atoms with van der Waals surface area (Å²) < 4.78 is 1.97. The van der Waals surface area contributed by atoms with Crippen LogP contribution in [0.2, 0.25) is 0 Å². The second-order valence-corrected chi connectivity index (χ2v) is 8.05. The average Bonchev–Trinajstić information content (AvgIpc) is 3.28. The molecule has 0 spiro atoms. The van der Waals surface area contributed by atoms with Gasteiger partial charge < -0.3 is 14.4 Å². The Morgan fingerprint density at radius 3 is 2.90 bits per heavy atom. The monoisotopic (exact) mass is 396 g/mol. The van der Waals surface area contributed by atoms with E-state index in [1.807, 2.05) is 33.7 Å². The van der Waals surface area contributed by atoms with Crippen molar-refractivity contribution in [2.45, 2.75) is 64.6 Å². The van der Waals surface area contributed by atoms with Crippen LogP contribution >= 0.6 is 0 Å². The molecule has 2 atom stereocenters. The predicted octanol–water partition coefficient (Wildman–Crippen LogP) is 2.28. The standard InChI is InChI=1S/C21H28N6O2/c1-15(26-10-7-22-14-26)11-20(29)27-8-4-3-5-19(27)21-23-12-17-13-25(16(2)28)9-6-18(17)24-21/h7,10,12,14-15,19H,3-6,8-9,11,13H2,1-2H3/t15-,19-/m0/s1. The highest BCUT2D eigenvalue weighted by atomic mass is 16.2. The molecule has 0 aromatic carbocycles. The molecule has 0 aliphatic carbocycles. The van der Waals surface area contributed by atoms with E-state index >= 15 is 0 Å². The first-order chi connectivity index (χ1) is 14.0. The maximum atomic E-state index is 13.1. The molecular weight excluding hydrogens is 368 g/mol. The molecule has 8 nitrogen and oxygen atoms in total. The topological polar surface area (TPSA) is 84.2 Å². The van der Waals surface area contributed by atoms with Crippen LogP contribution in [-0.4, -0.2) is 54.2 Å². The highest BCUT2D eigenvalue weighted by Crippen LogP contribution is 2.31. The van der Waals surface area contributed by atoms with E-state index in [9.17, 15) is 9.59 Å². The van der Waals surface area contributed by atoms with E-state index in [1.54, 1.807) is 19.4 Å². The van der Waals surface area contributed by atoms with Crippen LogP contribution in [-0.2, 0) is 22.6 Å². The first-order valence-corrected chi connectivity index (χ1v) is 10.4. The smallest absolute Gasteiger partial charge is 0.225 e. The van der Waals surface area contributed by atoms with Crippen molar-refractivity contribution >= 4 is 11.8 Å². The van der Waals surface area contributed by atoms with Crippen LogP contribution in [0.4, 0.5) is 0 Å². The summed E-state index contributed by atoms with van der Waals surface area (Å²) in [5.74, 6) is 0.958. The zero-order chi connectivity index (χ0) is 20.4. The van der Waals surface area contributed by atoms with Gasteiger partial charge >= 0.3 is 0 Å². The van der Waals surface area contributed by atoms with Gasteiger partial charge in [-0.2, -0.15) is 0 Å². The van der Waals surface area contributed by atoms with Crippen LogP contribution < -0.4 is 0 Å². The number of hydrogen-bond acceptors (Lipinski definition) is 5. The molecule has 154 valence electrons. The number of rotatable bonds is 4. The van der Waals surface area contributed by atoms with E-state index in [1.165, 1.54) is 0 Å². The number of nitrogens with zero attached hydrogens (tertiary/aromatic N) is 6. The van der Waals surface area contributed by atoms with Crippen molar-refractivity contribution < 1.29 is 9.59 Å². The number of carbonyl (C=O) groups excluding carboxylic acids is 2. The molecule has 29 heavy (non-hydrogen) atoms. The van der Waals surface area contributed by atoms with E-state index in [0.717, 1.165) is 49.3 Å². The summed E-state index contributed by atoms with van der Waals surface area (Å²) in [6.07, 6.45) is 11.4. The van der Waals surface area contributed by atoms with Crippen LogP contribution in [0.15, 0.2) is 24.9 Å². The predicted molar refractivity (Wildman–Crippen MR) is 107 cm³/mol. The number of carbonyl (C=O) groups is 2. The lowest BCUT2D eigenvalue weighted by atomic mass is 9.99. The molecule has 1 saturated heterocycles. The number of hydrogen-bond donors (Lipinski definition) is 0. The van der Waals surface area contributed by atoms with Crippen LogP contribution in [0.3, 0.4) is 0 Å². The number of piperidine rings is 1. The number of imidazole rings is 1. The van der Waals surface area contributed by atoms with E-state index in [2.05, 4.69) is 9.97 Å². The number of amides is 2. The van der Waals surface area contributed by atoms with Gasteiger partial charge in [-0.3, -0.25) is 9.59 Å². The molecule has 4 rings (SSSR count). The Hall–Kier alpha value is -2.77. The van der Waals surface area contributed by atoms with Gasteiger partial charge in [0.25, 0.3) is 0 Å². The summed E-state index contributed by atoms with van der Waals surface area (Å²) in [4.78, 5) is 42.0. The van der Waals surface area contributed by atoms with Gasteiger partial charge in [0.1, 0.15) is 0 Å². The molecule has 8 heteroatoms. The molecule has 2 amide bonds. The third-order valence-corrected chi connectivity index (χ3v) is 6.02. The fraction of sp³-hybridized carbons (Fsp3) is 0.571. The van der Waals surface area contributed by atoms with Crippen LogP contribution in [0.1, 0.15) is 68.7 Å². The number of likely N-dealkylation sites (tertiary alicyclic amines) is 1. The molecule has 2 aliphatic heterocycles. The lowest BCUT2D eigenvalue weighted by Crippen LogP contribution is -2.40. The Bertz CT molecular complexity index is 881. The number of aromatic nitrogens is 4. The zero-order valence-corrected chi connectivity index (χ0v) is 17.1. The first kappa shape index (κ1) is 19.5. The van der Waals surface area contributed by atoms with Crippen LogP contribution in [0.25, 0.3) is 0 Å². The van der Waals surface area contributed by atoms with Crippen molar-refractivity contribution in [2.75, 3.05) is 13.1 Å². The summed E-state index contributed by atoms with van der Waals surface area (Å²) in [5, 5.41) is 0. The van der Waals surface area contributed by atoms with Gasteiger partial charge in [0.05, 0.1) is 18.1 Å². The average molecular weight is 396 g/mol. The minimum Gasteiger partial charge on any atom is -0.338 e. The highest BCUT2D eigenvalue weighted by molar-refractivity contribution is 5.77. The Kier molecular flexibility index (Phi) is 5.60. The molecule has 0 bridgehead atoms. The van der Waals surface area contributed by atoms with Gasteiger partial charge in [-0.15, -0.1) is 0 Å². The van der Waals surface area contributed by atoms with Crippen LogP contribution in [0.5, 0.6) is 0 Å². The number of fused-ring (bicyclic) bond motifs is 1. The molecule has 1 fully saturated rings. The molecular formula is C21H28N6O2. The van der Waals surface area contributed by atoms with Gasteiger partial charge in [0.15, 0.2) is 5.82 Å². The molecule has 4 heterocycles. The molecule has 2 aliphatic rings. The lowest BCUT2D eigenvalue weighted by molar-refractivity contribution is -0.136. The highest BCUT2D eigenvalue weighted by Gasteiger charge is 2.31. The van der Waals surface area contributed by atoms with Crippen LogP contribution in [0, 0.1) is 0 Å². The van der Waals surface area contributed by atoms with Gasteiger partial charge in [-0.25, -0.2) is 15.0 Å². The van der Waals surface area contributed by atoms with E-state index < -0.39 is 0 Å². The van der Waals surface area contributed by atoms with Crippen molar-refractivity contribution in [3.05, 3.63) is 42.0 Å². The fourth-order valence-electron chi connectivity index (χ4n) is 4.26. The minimum absolute atomic E-state index is 0.0644. The second kappa shape index (κ2) is 8.31. The quantitative estimate of drug-likeness (QED) is 0.792. The molecule has 0 N–H and O–H groups in total. The van der Waals surface area contributed by atoms with Gasteiger partial charge in [-0.05, 0) is 26.2 Å². The van der Waals surface area contributed by atoms with E-state index in [-0.39, 0.29) is 23.9 Å². The Labute approximate surface area is 171 Å². The Morgan fingerprint density at radius 2 is 2.14 bits per heavy atom. The van der Waals surface area contributed by atoms with Gasteiger partial charge in [-0.1, -0.05) is 0 Å². The normalized spacial score (nSPS) is 20.3. The van der Waals surface area contributed by atoms with Crippen molar-refractivity contribution in [1.29, 1.82) is 0 Å². The van der Waals surface area contributed by atoms with Crippen molar-refractivity contribution in [3.63, 3.8) is 0 Å². The first-order valence-electron chi connectivity index (χ1n) is 10.4. The molecule has 0 saturated carbocycles. The largest absolute Gasteiger partial charge is 0.338 e. The maximum absolute atomic E-state index is 13.1. The Balaban J connectivity index is 1.50. The summed E-state index contributed by atoms with van der Waals surface area (Å²) in [6, 6.07) is -0.00281. The fourth-order valence-corrected chi connectivity index (χ4v) is 4.26. The molecule has 2 aromatic rings. The molecule has 0 unspecified atom stereocenters. The van der Waals surface area contributed by atoms with E-state index in [4.69, 9.17) is 4.98 Å². The summed E-state index contributed by atoms with van der Waals surface area (Å²) in [6.45, 7) is 5.64. The van der Waals surface area contributed by atoms with Crippen molar-refractivity contribution in [3.8, 4) is 0 Å². The molecule has 0 radical (unpaired) electrons. The van der Waals surface area contributed by atoms with E-state index in [0.29, 0.717) is 19.5 Å². The summed E-state index contributed by atoms with van der Waals surface area (Å²) in [5.41, 5.74) is 2.02. The second-order valence-electron chi connectivity index (χ2n) is 8.05. The third-order valence-electron chi connectivity index (χ3n) is 6.02.